The van der Waals surface area contributed by atoms with E-state index in [4.69, 9.17) is 5.11 Å². The van der Waals surface area contributed by atoms with Gasteiger partial charge < -0.3 is 9.52 Å². The van der Waals surface area contributed by atoms with Crippen LogP contribution in [0, 0.1) is 0 Å². The molecule has 1 atom stereocenters. The Morgan fingerprint density at radius 3 is 2.69 bits per heavy atom. The van der Waals surface area contributed by atoms with E-state index < -0.39 is 19.1 Å². The Morgan fingerprint density at radius 2 is 2.23 bits per heavy atom. The van der Waals surface area contributed by atoms with Crippen molar-refractivity contribution in [2.24, 2.45) is 0 Å². The number of rotatable bonds is 3. The maximum Gasteiger partial charge on any atom is 0.522 e. The van der Waals surface area contributed by atoms with Gasteiger partial charge in [0.15, 0.2) is 0 Å². The van der Waals surface area contributed by atoms with Gasteiger partial charge in [0.2, 0.25) is 0 Å². The highest BCUT2D eigenvalue weighted by Crippen LogP contribution is 2.20. The molecule has 1 unspecified atom stereocenters. The van der Waals surface area contributed by atoms with Crippen LogP contribution in [0.1, 0.15) is 11.9 Å². The molecule has 0 aliphatic rings. The van der Waals surface area contributed by atoms with Gasteiger partial charge in [-0.3, -0.25) is 4.74 Å². The van der Waals surface area contributed by atoms with Crippen LogP contribution in [0.15, 0.2) is 22.8 Å². The molecule has 0 aliphatic carbocycles. The van der Waals surface area contributed by atoms with Crippen LogP contribution in [0.25, 0.3) is 0 Å². The van der Waals surface area contributed by atoms with E-state index in [0.717, 1.165) is 0 Å². The van der Waals surface area contributed by atoms with Crippen molar-refractivity contribution in [3.8, 4) is 0 Å². The zero-order valence-electron chi connectivity index (χ0n) is 6.41. The second-order valence-corrected chi connectivity index (χ2v) is 2.29. The summed E-state index contributed by atoms with van der Waals surface area (Å²) in [7, 11) is 0. The minimum absolute atomic E-state index is 0.0456. The number of hydrogen-bond donors (Lipinski definition) is 1. The second kappa shape index (κ2) is 3.80. The van der Waals surface area contributed by atoms with Crippen LogP contribution in [0.2, 0.25) is 0 Å². The van der Waals surface area contributed by atoms with Crippen LogP contribution in [-0.2, 0) is 4.74 Å². The van der Waals surface area contributed by atoms with Gasteiger partial charge in [-0.25, -0.2) is 0 Å². The van der Waals surface area contributed by atoms with Crippen molar-refractivity contribution in [2.45, 2.75) is 12.5 Å². The lowest BCUT2D eigenvalue weighted by molar-refractivity contribution is -0.331. The number of ether oxygens (including phenoxy) is 1. The molecule has 1 aromatic rings. The molecular formula is C7H7F3O3. The lowest BCUT2D eigenvalue weighted by Gasteiger charge is -2.10. The number of alkyl halides is 3. The molecular weight excluding hydrogens is 189 g/mol. The third-order valence-electron chi connectivity index (χ3n) is 1.28. The van der Waals surface area contributed by atoms with Crippen LogP contribution in [0.3, 0.4) is 0 Å². The minimum Gasteiger partial charge on any atom is -0.467 e. The maximum absolute atomic E-state index is 11.5. The molecule has 0 bridgehead atoms. The van der Waals surface area contributed by atoms with Gasteiger partial charge in [-0.05, 0) is 12.1 Å². The number of halogens is 3. The fourth-order valence-corrected chi connectivity index (χ4v) is 0.736. The van der Waals surface area contributed by atoms with Gasteiger partial charge in [0.05, 0.1) is 12.9 Å². The molecule has 0 saturated carbocycles. The van der Waals surface area contributed by atoms with E-state index in [0.29, 0.717) is 0 Å². The lowest BCUT2D eigenvalue weighted by atomic mass is 10.3. The fraction of sp³-hybridized carbons (Fsp3) is 0.429. The van der Waals surface area contributed by atoms with E-state index in [2.05, 4.69) is 9.15 Å². The molecule has 1 rings (SSSR count). The van der Waals surface area contributed by atoms with E-state index in [1.165, 1.54) is 18.4 Å². The summed E-state index contributed by atoms with van der Waals surface area (Å²) < 4.78 is 42.5. The van der Waals surface area contributed by atoms with Gasteiger partial charge in [-0.15, -0.1) is 13.2 Å². The van der Waals surface area contributed by atoms with Crippen LogP contribution in [-0.4, -0.2) is 18.1 Å². The molecule has 1 N–H and O–H groups in total. The van der Waals surface area contributed by atoms with E-state index in [1.807, 2.05) is 0 Å². The second-order valence-electron chi connectivity index (χ2n) is 2.29. The first-order chi connectivity index (χ1) is 5.99. The van der Waals surface area contributed by atoms with Gasteiger partial charge >= 0.3 is 6.36 Å². The normalized spacial score (nSPS) is 14.5. The quantitative estimate of drug-likeness (QED) is 0.802. The Morgan fingerprint density at radius 1 is 1.54 bits per heavy atom. The number of aliphatic hydroxyl groups is 1. The molecule has 1 heterocycles. The van der Waals surface area contributed by atoms with Crippen molar-refractivity contribution in [2.75, 3.05) is 6.61 Å². The highest BCUT2D eigenvalue weighted by Gasteiger charge is 2.30. The highest BCUT2D eigenvalue weighted by molar-refractivity contribution is 5.01. The van der Waals surface area contributed by atoms with Crippen molar-refractivity contribution < 1.29 is 27.4 Å². The third kappa shape index (κ3) is 3.47. The molecule has 0 radical (unpaired) electrons. The summed E-state index contributed by atoms with van der Waals surface area (Å²) in [4.78, 5) is 0. The predicted octanol–water partition coefficient (Wildman–Crippen LogP) is 1.85. The Balaban J connectivity index is 2.39. The van der Waals surface area contributed by atoms with Gasteiger partial charge in [-0.1, -0.05) is 0 Å². The molecule has 0 fully saturated rings. The molecule has 0 saturated heterocycles. The van der Waals surface area contributed by atoms with Crippen LogP contribution in [0.4, 0.5) is 13.2 Å². The first-order valence-electron chi connectivity index (χ1n) is 3.41. The molecule has 0 aliphatic heterocycles. The molecule has 1 aromatic heterocycles. The zero-order chi connectivity index (χ0) is 9.90. The van der Waals surface area contributed by atoms with Crippen LogP contribution in [0.5, 0.6) is 0 Å². The first-order valence-corrected chi connectivity index (χ1v) is 3.41. The fourth-order valence-electron chi connectivity index (χ4n) is 0.736. The number of aliphatic hydroxyl groups excluding tert-OH is 1. The molecule has 3 nitrogen and oxygen atoms in total. The van der Waals surface area contributed by atoms with Crippen LogP contribution >= 0.6 is 0 Å². The van der Waals surface area contributed by atoms with Gasteiger partial charge in [0.1, 0.15) is 11.9 Å². The molecule has 0 amide bonds. The SMILES string of the molecule is OC(COC(F)(F)F)c1ccco1. The van der Waals surface area contributed by atoms with Gasteiger partial charge in [-0.2, -0.15) is 0 Å². The molecule has 0 spiro atoms. The number of hydrogen-bond acceptors (Lipinski definition) is 3. The summed E-state index contributed by atoms with van der Waals surface area (Å²) in [6.45, 7) is -0.864. The first kappa shape index (κ1) is 10.1. The van der Waals surface area contributed by atoms with E-state index in [9.17, 15) is 13.2 Å². The summed E-state index contributed by atoms with van der Waals surface area (Å²) in [6.07, 6.45) is -4.86. The average Bonchev–Trinajstić information content (AvgIpc) is 2.50. The van der Waals surface area contributed by atoms with Gasteiger partial charge in [0.25, 0.3) is 0 Å². The van der Waals surface area contributed by atoms with Crippen molar-refractivity contribution in [1.29, 1.82) is 0 Å². The van der Waals surface area contributed by atoms with Crippen molar-refractivity contribution in [3.63, 3.8) is 0 Å². The Bertz CT molecular complexity index is 242. The highest BCUT2D eigenvalue weighted by atomic mass is 19.4. The molecule has 0 aromatic carbocycles. The van der Waals surface area contributed by atoms with Crippen molar-refractivity contribution >= 4 is 0 Å². The maximum atomic E-state index is 11.5. The predicted molar refractivity (Wildman–Crippen MR) is 35.7 cm³/mol. The van der Waals surface area contributed by atoms with E-state index >= 15 is 0 Å². The molecule has 13 heavy (non-hydrogen) atoms. The van der Waals surface area contributed by atoms with Crippen molar-refractivity contribution in [1.82, 2.24) is 0 Å². The minimum atomic E-state index is -4.73. The smallest absolute Gasteiger partial charge is 0.467 e. The van der Waals surface area contributed by atoms with E-state index in [1.54, 1.807) is 0 Å². The summed E-state index contributed by atoms with van der Waals surface area (Å²) >= 11 is 0. The molecule has 6 heteroatoms. The van der Waals surface area contributed by atoms with E-state index in [-0.39, 0.29) is 5.76 Å². The Labute approximate surface area is 71.7 Å². The summed E-state index contributed by atoms with van der Waals surface area (Å²) in [5, 5.41) is 9.05. The van der Waals surface area contributed by atoms with Gasteiger partial charge in [0, 0.05) is 0 Å². The summed E-state index contributed by atoms with van der Waals surface area (Å²) in [5.41, 5.74) is 0. The molecule has 74 valence electrons. The lowest BCUT2D eigenvalue weighted by Crippen LogP contribution is -2.18. The topological polar surface area (TPSA) is 42.6 Å². The summed E-state index contributed by atoms with van der Waals surface area (Å²) in [6, 6.07) is 2.83. The third-order valence-corrected chi connectivity index (χ3v) is 1.28. The standard InChI is InChI=1S/C7H7F3O3/c8-7(9,10)13-4-5(11)6-2-1-3-12-6/h1-3,5,11H,4H2. The number of furan rings is 1. The van der Waals surface area contributed by atoms with Crippen molar-refractivity contribution in [3.05, 3.63) is 24.2 Å². The summed E-state index contributed by atoms with van der Waals surface area (Å²) in [5.74, 6) is 0.0456. The average molecular weight is 196 g/mol. The van der Waals surface area contributed by atoms with Crippen LogP contribution < -0.4 is 0 Å². The largest absolute Gasteiger partial charge is 0.522 e. The zero-order valence-corrected chi connectivity index (χ0v) is 6.41. The Kier molecular flexibility index (Phi) is 2.94. The monoisotopic (exact) mass is 196 g/mol. The Hall–Kier alpha value is -1.01.